The molecule has 0 spiro atoms. The molecule has 0 radical (unpaired) electrons. The van der Waals surface area contributed by atoms with Crippen LogP contribution in [0.25, 0.3) is 20.7 Å². The Labute approximate surface area is 282 Å². The molecule has 2 saturated heterocycles. The average Bonchev–Trinajstić information content (AvgIpc) is 3.71. The van der Waals surface area contributed by atoms with E-state index in [1.165, 1.54) is 28.1 Å². The van der Waals surface area contributed by atoms with E-state index in [0.717, 1.165) is 109 Å². The van der Waals surface area contributed by atoms with Gasteiger partial charge in [-0.25, -0.2) is 14.4 Å². The quantitative estimate of drug-likeness (QED) is 0.224. The average molecular weight is 667 g/mol. The molecule has 2 fully saturated rings. The molecule has 2 N–H and O–H groups in total. The molecule has 10 nitrogen and oxygen atoms in total. The number of hydrogen-bond donors (Lipinski definition) is 2. The Morgan fingerprint density at radius 1 is 1.08 bits per heavy atom. The third-order valence-corrected chi connectivity index (χ3v) is 10.9. The van der Waals surface area contributed by atoms with Gasteiger partial charge in [-0.2, -0.15) is 5.10 Å². The Hall–Kier alpha value is -4.39. The first kappa shape index (κ1) is 30.9. The number of likely N-dealkylation sites (tertiary alicyclic amines) is 1. The Morgan fingerprint density at radius 3 is 2.75 bits per heavy atom. The van der Waals surface area contributed by atoms with Crippen LogP contribution in [-0.4, -0.2) is 81.3 Å². The van der Waals surface area contributed by atoms with Crippen molar-refractivity contribution in [1.29, 1.82) is 0 Å². The lowest BCUT2D eigenvalue weighted by molar-refractivity contribution is -0.133. The first-order valence-corrected chi connectivity index (χ1v) is 17.6. The van der Waals surface area contributed by atoms with E-state index in [0.29, 0.717) is 13.2 Å². The van der Waals surface area contributed by atoms with Crippen LogP contribution in [0.4, 0.5) is 15.9 Å². The minimum absolute atomic E-state index is 0.246. The number of nitrogens with zero attached hydrogens (tertiary/aromatic N) is 6. The van der Waals surface area contributed by atoms with Gasteiger partial charge in [-0.15, -0.1) is 11.3 Å². The number of carbonyl (C=O) groups excluding carboxylic acids is 1. The van der Waals surface area contributed by atoms with Crippen LogP contribution in [0.15, 0.2) is 55.0 Å². The lowest BCUT2D eigenvalue weighted by Gasteiger charge is -2.34. The maximum absolute atomic E-state index is 13.6. The number of piperazine rings is 1. The second kappa shape index (κ2) is 13.3. The standard InChI is InChI=1S/C36H39FN8O2S/c1-23-17-26(5-8-31(23)47-21-24-3-2-4-25(37)18-24)41-35-33-28-6-7-30-29(34(28)48-36(33)40-22-39-35)19-45(42-30)27-9-13-44(14-10-27)32(46)20-43-15-11-38-12-16-43/h2-5,8,17-19,22,27,38H,6-7,9-16,20-21H2,1H3,(H,39,40,41). The minimum atomic E-state index is -0.268. The number of carbonyl (C=O) groups is 1. The molecule has 0 atom stereocenters. The summed E-state index contributed by atoms with van der Waals surface area (Å²) in [6, 6.07) is 12.7. The van der Waals surface area contributed by atoms with Gasteiger partial charge in [0.15, 0.2) is 0 Å². The molecule has 0 bridgehead atoms. The van der Waals surface area contributed by atoms with Gasteiger partial charge in [0.2, 0.25) is 5.91 Å². The van der Waals surface area contributed by atoms with Gasteiger partial charge < -0.3 is 20.3 Å². The smallest absolute Gasteiger partial charge is 0.236 e. The van der Waals surface area contributed by atoms with Gasteiger partial charge in [0.25, 0.3) is 0 Å². The van der Waals surface area contributed by atoms with E-state index in [1.54, 1.807) is 23.7 Å². The monoisotopic (exact) mass is 666 g/mol. The predicted molar refractivity (Wildman–Crippen MR) is 185 cm³/mol. The van der Waals surface area contributed by atoms with Crippen molar-refractivity contribution >= 4 is 39.0 Å². The number of hydrogen-bond acceptors (Lipinski definition) is 9. The van der Waals surface area contributed by atoms with Crippen LogP contribution in [0.2, 0.25) is 0 Å². The summed E-state index contributed by atoms with van der Waals surface area (Å²) in [5.41, 5.74) is 6.27. The van der Waals surface area contributed by atoms with Crippen molar-refractivity contribution in [3.05, 3.63) is 83.2 Å². The van der Waals surface area contributed by atoms with Crippen LogP contribution in [0, 0.1) is 12.7 Å². The summed E-state index contributed by atoms with van der Waals surface area (Å²) in [6.07, 6.45) is 7.43. The predicted octanol–water partition coefficient (Wildman–Crippen LogP) is 5.49. The number of thiophene rings is 1. The molecule has 0 unspecified atom stereocenters. The molecule has 5 heterocycles. The summed E-state index contributed by atoms with van der Waals surface area (Å²) in [4.78, 5) is 28.8. The van der Waals surface area contributed by atoms with E-state index < -0.39 is 0 Å². The summed E-state index contributed by atoms with van der Waals surface area (Å²) >= 11 is 1.71. The van der Waals surface area contributed by atoms with Crippen LogP contribution < -0.4 is 15.4 Å². The van der Waals surface area contributed by atoms with Crippen LogP contribution in [-0.2, 0) is 24.2 Å². The van der Waals surface area contributed by atoms with E-state index in [-0.39, 0.29) is 17.8 Å². The summed E-state index contributed by atoms with van der Waals surface area (Å²) in [5, 5.41) is 13.0. The lowest BCUT2D eigenvalue weighted by Crippen LogP contribution is -2.49. The van der Waals surface area contributed by atoms with E-state index in [4.69, 9.17) is 9.84 Å². The highest BCUT2D eigenvalue weighted by Gasteiger charge is 2.30. The second-order valence-corrected chi connectivity index (χ2v) is 13.9. The van der Waals surface area contributed by atoms with Gasteiger partial charge >= 0.3 is 0 Å². The Morgan fingerprint density at radius 2 is 1.94 bits per heavy atom. The number of amides is 1. The zero-order valence-corrected chi connectivity index (χ0v) is 27.9. The summed E-state index contributed by atoms with van der Waals surface area (Å²) < 4.78 is 21.7. The van der Waals surface area contributed by atoms with Crippen molar-refractivity contribution in [1.82, 2.24) is 34.9 Å². The normalized spacial score (nSPS) is 16.9. The largest absolute Gasteiger partial charge is 0.489 e. The molecule has 3 aliphatic rings. The second-order valence-electron chi connectivity index (χ2n) is 12.9. The highest BCUT2D eigenvalue weighted by molar-refractivity contribution is 7.22. The Kier molecular flexibility index (Phi) is 8.54. The van der Waals surface area contributed by atoms with Crippen molar-refractivity contribution in [2.75, 3.05) is 51.1 Å². The zero-order chi connectivity index (χ0) is 32.6. The molecule has 2 aromatic carbocycles. The number of halogens is 1. The van der Waals surface area contributed by atoms with Crippen LogP contribution >= 0.6 is 11.3 Å². The van der Waals surface area contributed by atoms with Crippen molar-refractivity contribution in [3.8, 4) is 16.2 Å². The van der Waals surface area contributed by atoms with Crippen molar-refractivity contribution in [2.24, 2.45) is 0 Å². The third kappa shape index (κ3) is 6.27. The van der Waals surface area contributed by atoms with Crippen LogP contribution in [0.3, 0.4) is 0 Å². The number of aryl methyl sites for hydroxylation is 3. The molecule has 1 aliphatic carbocycles. The van der Waals surface area contributed by atoms with Gasteiger partial charge in [-0.1, -0.05) is 12.1 Å². The lowest BCUT2D eigenvalue weighted by atomic mass is 9.95. The summed E-state index contributed by atoms with van der Waals surface area (Å²) in [5.74, 6) is 1.52. The first-order valence-electron chi connectivity index (χ1n) is 16.8. The molecule has 48 heavy (non-hydrogen) atoms. The molecule has 248 valence electrons. The number of fused-ring (bicyclic) bond motifs is 5. The topological polar surface area (TPSA) is 100 Å². The highest BCUT2D eigenvalue weighted by Crippen LogP contribution is 2.45. The third-order valence-electron chi connectivity index (χ3n) is 9.73. The molecular formula is C36H39FN8O2S. The van der Waals surface area contributed by atoms with Gasteiger partial charge in [0.05, 0.1) is 23.7 Å². The van der Waals surface area contributed by atoms with Gasteiger partial charge in [-0.05, 0) is 79.6 Å². The highest BCUT2D eigenvalue weighted by atomic mass is 32.1. The number of aromatic nitrogens is 4. The van der Waals surface area contributed by atoms with Crippen LogP contribution in [0.1, 0.15) is 41.3 Å². The van der Waals surface area contributed by atoms with Gasteiger partial charge in [0.1, 0.15) is 35.1 Å². The fraction of sp³-hybridized carbons (Fsp3) is 0.389. The first-order chi connectivity index (χ1) is 23.5. The van der Waals surface area contributed by atoms with Crippen LogP contribution in [0.5, 0.6) is 5.75 Å². The molecule has 0 saturated carbocycles. The number of anilines is 2. The Bertz CT molecular complexity index is 1960. The minimum Gasteiger partial charge on any atom is -0.489 e. The Balaban J connectivity index is 0.962. The SMILES string of the molecule is Cc1cc(Nc2ncnc3sc4c(c23)CCc2nn(C3CCN(C(=O)CN5CCNCC5)CC3)cc2-4)ccc1OCc1cccc(F)c1. The fourth-order valence-electron chi connectivity index (χ4n) is 7.13. The summed E-state index contributed by atoms with van der Waals surface area (Å²) in [6.45, 7) is 8.16. The molecule has 12 heteroatoms. The van der Waals surface area contributed by atoms with Crippen molar-refractivity contribution in [2.45, 2.75) is 45.3 Å². The van der Waals surface area contributed by atoms with E-state index in [2.05, 4.69) is 36.4 Å². The molecule has 1 amide bonds. The zero-order valence-electron chi connectivity index (χ0n) is 27.0. The number of ether oxygens (including phenoxy) is 1. The van der Waals surface area contributed by atoms with E-state index in [1.807, 2.05) is 36.1 Å². The maximum atomic E-state index is 13.6. The molecule has 3 aromatic heterocycles. The number of rotatable bonds is 8. The molecular weight excluding hydrogens is 628 g/mol. The van der Waals surface area contributed by atoms with Crippen molar-refractivity contribution < 1.29 is 13.9 Å². The van der Waals surface area contributed by atoms with E-state index in [9.17, 15) is 9.18 Å². The van der Waals surface area contributed by atoms with E-state index >= 15 is 0 Å². The fourth-order valence-corrected chi connectivity index (χ4v) is 8.35. The van der Waals surface area contributed by atoms with Crippen molar-refractivity contribution in [3.63, 3.8) is 0 Å². The number of benzene rings is 2. The summed E-state index contributed by atoms with van der Waals surface area (Å²) in [7, 11) is 0. The molecule has 2 aliphatic heterocycles. The number of piperidine rings is 1. The van der Waals surface area contributed by atoms with Gasteiger partial charge in [-0.3, -0.25) is 14.4 Å². The molecule has 5 aromatic rings. The number of nitrogens with one attached hydrogen (secondary N) is 2. The van der Waals surface area contributed by atoms with Gasteiger partial charge in [0, 0.05) is 61.6 Å². The maximum Gasteiger partial charge on any atom is 0.236 e. The molecule has 8 rings (SSSR count).